The fourth-order valence-electron chi connectivity index (χ4n) is 2.03. The van der Waals surface area contributed by atoms with E-state index in [1.807, 2.05) is 0 Å². The van der Waals surface area contributed by atoms with Crippen LogP contribution < -0.4 is 0 Å². The minimum atomic E-state index is -1.42. The predicted molar refractivity (Wildman–Crippen MR) is 59.4 cm³/mol. The second kappa shape index (κ2) is 4.26. The first-order chi connectivity index (χ1) is 7.22. The first-order valence-electron chi connectivity index (χ1n) is 5.13. The van der Waals surface area contributed by atoms with Crippen LogP contribution in [-0.4, -0.2) is 27.6 Å². The van der Waals surface area contributed by atoms with Gasteiger partial charge < -0.3 is 0 Å². The number of aldehydes is 1. The van der Waals surface area contributed by atoms with Gasteiger partial charge in [-0.15, -0.1) is 0 Å². The third-order valence-electron chi connectivity index (χ3n) is 2.97. The Morgan fingerprint density at radius 3 is 2.80 bits per heavy atom. The van der Waals surface area contributed by atoms with Gasteiger partial charge in [0.1, 0.15) is 0 Å². The Labute approximate surface area is 91.8 Å². The number of allylic oxidation sites excluding steroid dienone is 2. The summed E-state index contributed by atoms with van der Waals surface area (Å²) in [7, 11) is 1.62. The zero-order valence-corrected chi connectivity index (χ0v) is 9.50. The molecule has 4 nitrogen and oxygen atoms in total. The van der Waals surface area contributed by atoms with E-state index in [0.717, 1.165) is 24.8 Å². The van der Waals surface area contributed by atoms with Crippen LogP contribution in [0.2, 0.25) is 0 Å². The first kappa shape index (κ1) is 10.5. The van der Waals surface area contributed by atoms with Crippen molar-refractivity contribution in [1.82, 2.24) is 4.31 Å². The summed E-state index contributed by atoms with van der Waals surface area (Å²) in [6.07, 6.45) is 7.11. The zero-order valence-electron chi connectivity index (χ0n) is 8.68. The molecule has 1 atom stereocenters. The highest BCUT2D eigenvalue weighted by molar-refractivity contribution is 7.81. The number of carbonyl (C=O) groups excluding carboxylic acids is 1. The van der Waals surface area contributed by atoms with Gasteiger partial charge in [0.25, 0.3) is 0 Å². The van der Waals surface area contributed by atoms with E-state index in [9.17, 15) is 9.00 Å². The molecule has 82 valence electrons. The molecule has 0 spiro atoms. The quantitative estimate of drug-likeness (QED) is 0.665. The Hall–Kier alpha value is -0.970. The van der Waals surface area contributed by atoms with E-state index in [1.165, 1.54) is 17.1 Å². The Bertz CT molecular complexity index is 356. The summed E-state index contributed by atoms with van der Waals surface area (Å²) in [5.41, 5.74) is 1.30. The highest BCUT2D eigenvalue weighted by Crippen LogP contribution is 2.28. The van der Waals surface area contributed by atoms with Crippen LogP contribution in [0.1, 0.15) is 25.7 Å². The number of likely N-dealkylation sites (N-methyl/N-ethyl adjacent to an activating group) is 1. The summed E-state index contributed by atoms with van der Waals surface area (Å²) < 4.78 is 17.1. The number of rotatable bonds is 2. The van der Waals surface area contributed by atoms with Gasteiger partial charge in [-0.2, -0.15) is 4.40 Å². The molecule has 5 heteroatoms. The van der Waals surface area contributed by atoms with Crippen LogP contribution in [0.4, 0.5) is 0 Å². The normalized spacial score (nSPS) is 27.5. The third-order valence-corrected chi connectivity index (χ3v) is 4.02. The van der Waals surface area contributed by atoms with Crippen molar-refractivity contribution in [3.63, 3.8) is 0 Å². The van der Waals surface area contributed by atoms with E-state index in [-0.39, 0.29) is 0 Å². The molecule has 1 heterocycles. The monoisotopic (exact) mass is 226 g/mol. The smallest absolute Gasteiger partial charge is 0.245 e. The molecule has 0 aromatic carbocycles. The molecule has 1 unspecified atom stereocenters. The second-order valence-electron chi connectivity index (χ2n) is 3.91. The van der Waals surface area contributed by atoms with Crippen LogP contribution in [0.5, 0.6) is 0 Å². The molecule has 0 radical (unpaired) electrons. The van der Waals surface area contributed by atoms with Crippen molar-refractivity contribution in [1.29, 1.82) is 0 Å². The molecule has 15 heavy (non-hydrogen) atoms. The van der Waals surface area contributed by atoms with E-state index in [2.05, 4.69) is 4.40 Å². The third kappa shape index (κ3) is 2.02. The first-order valence-corrected chi connectivity index (χ1v) is 6.20. The van der Waals surface area contributed by atoms with Crippen molar-refractivity contribution in [2.45, 2.75) is 25.7 Å². The van der Waals surface area contributed by atoms with Crippen LogP contribution in [-0.2, 0) is 16.0 Å². The van der Waals surface area contributed by atoms with Crippen LogP contribution >= 0.6 is 0 Å². The summed E-state index contributed by atoms with van der Waals surface area (Å²) in [6.45, 7) is 0. The molecule has 0 amide bonds. The highest BCUT2D eigenvalue weighted by atomic mass is 32.2. The molecule has 0 N–H and O–H groups in total. The lowest BCUT2D eigenvalue weighted by Crippen LogP contribution is -2.27. The molecule has 2 aliphatic rings. The molecule has 0 bridgehead atoms. The molecule has 0 aromatic heterocycles. The van der Waals surface area contributed by atoms with Gasteiger partial charge in [0.2, 0.25) is 11.2 Å². The standard InChI is InChI=1S/C10H14N2O2S/c1-12-9(7-13)6-10(11-15(12)14)8-4-2-3-5-8/h6-8H,2-5H2,1H3. The molecule has 2 rings (SSSR count). The molecule has 1 fully saturated rings. The van der Waals surface area contributed by atoms with Crippen molar-refractivity contribution >= 4 is 23.2 Å². The van der Waals surface area contributed by atoms with Crippen molar-refractivity contribution in [2.75, 3.05) is 7.05 Å². The van der Waals surface area contributed by atoms with Gasteiger partial charge in [0.15, 0.2) is 6.29 Å². The topological polar surface area (TPSA) is 49.7 Å². The number of hydrogen-bond acceptors (Lipinski definition) is 2. The maximum atomic E-state index is 11.6. The summed E-state index contributed by atoms with van der Waals surface area (Å²) in [5.74, 6) is 0.401. The lowest BCUT2D eigenvalue weighted by molar-refractivity contribution is -0.105. The predicted octanol–water partition coefficient (Wildman–Crippen LogP) is 1.22. The van der Waals surface area contributed by atoms with Gasteiger partial charge in [-0.1, -0.05) is 12.8 Å². The van der Waals surface area contributed by atoms with E-state index in [4.69, 9.17) is 0 Å². The number of nitrogens with zero attached hydrogens (tertiary/aromatic N) is 2. The van der Waals surface area contributed by atoms with Gasteiger partial charge in [-0.3, -0.25) is 9.10 Å². The fraction of sp³-hybridized carbons (Fsp3) is 0.600. The molecular weight excluding hydrogens is 212 g/mol. The fourth-order valence-corrected chi connectivity index (χ4v) is 2.81. The lowest BCUT2D eigenvalue weighted by atomic mass is 10.0. The maximum absolute atomic E-state index is 11.6. The highest BCUT2D eigenvalue weighted by Gasteiger charge is 2.25. The average molecular weight is 226 g/mol. The molecule has 1 saturated carbocycles. The van der Waals surface area contributed by atoms with Crippen molar-refractivity contribution in [2.24, 2.45) is 10.3 Å². The van der Waals surface area contributed by atoms with E-state index in [0.29, 0.717) is 11.6 Å². The van der Waals surface area contributed by atoms with Crippen LogP contribution in [0.25, 0.3) is 0 Å². The minimum absolute atomic E-state index is 0.401. The average Bonchev–Trinajstić information content (AvgIpc) is 2.75. The van der Waals surface area contributed by atoms with E-state index < -0.39 is 11.2 Å². The molecule has 0 saturated heterocycles. The largest absolute Gasteiger partial charge is 0.296 e. The maximum Gasteiger partial charge on any atom is 0.245 e. The number of carbonyl (C=O) groups is 1. The van der Waals surface area contributed by atoms with Gasteiger partial charge in [0.05, 0.1) is 11.4 Å². The van der Waals surface area contributed by atoms with Crippen LogP contribution in [0.15, 0.2) is 16.2 Å². The van der Waals surface area contributed by atoms with E-state index >= 15 is 0 Å². The van der Waals surface area contributed by atoms with Crippen LogP contribution in [0.3, 0.4) is 0 Å². The van der Waals surface area contributed by atoms with Gasteiger partial charge in [-0.05, 0) is 18.9 Å². The molecular formula is C10H14N2O2S. The van der Waals surface area contributed by atoms with Crippen molar-refractivity contribution in [3.05, 3.63) is 11.8 Å². The second-order valence-corrected chi connectivity index (χ2v) is 5.10. The Morgan fingerprint density at radius 2 is 2.20 bits per heavy atom. The SMILES string of the molecule is CN1C(C=O)=CC(C2CCCC2)=NS1=O. The van der Waals surface area contributed by atoms with Crippen molar-refractivity contribution < 1.29 is 9.00 Å². The van der Waals surface area contributed by atoms with Crippen molar-refractivity contribution in [3.8, 4) is 0 Å². The van der Waals surface area contributed by atoms with Gasteiger partial charge in [0, 0.05) is 13.0 Å². The molecule has 1 aliphatic heterocycles. The lowest BCUT2D eigenvalue weighted by Gasteiger charge is -2.21. The van der Waals surface area contributed by atoms with E-state index in [1.54, 1.807) is 13.1 Å². The Morgan fingerprint density at radius 1 is 1.53 bits per heavy atom. The summed E-state index contributed by atoms with van der Waals surface area (Å²) in [5, 5.41) is 0. The minimum Gasteiger partial charge on any atom is -0.296 e. The van der Waals surface area contributed by atoms with Gasteiger partial charge >= 0.3 is 0 Å². The summed E-state index contributed by atoms with van der Waals surface area (Å²) in [6, 6.07) is 0. The summed E-state index contributed by atoms with van der Waals surface area (Å²) in [4.78, 5) is 10.8. The van der Waals surface area contributed by atoms with Crippen LogP contribution in [0, 0.1) is 5.92 Å². The summed E-state index contributed by atoms with van der Waals surface area (Å²) >= 11 is -1.42. The Kier molecular flexibility index (Phi) is 3.00. The van der Waals surface area contributed by atoms with Gasteiger partial charge in [-0.25, -0.2) is 4.21 Å². The zero-order chi connectivity index (χ0) is 10.8. The molecule has 1 aliphatic carbocycles. The number of hydrogen-bond donors (Lipinski definition) is 0. The Balaban J connectivity index is 2.25. The molecule has 0 aromatic rings.